The molecule has 20 heavy (non-hydrogen) atoms. The molecule has 0 unspecified atom stereocenters. The molecule has 0 saturated carbocycles. The maximum atomic E-state index is 9.61. The Bertz CT molecular complexity index is 643. The molecule has 2 aromatic rings. The van der Waals surface area contributed by atoms with Crippen LogP contribution in [0.5, 0.6) is 5.75 Å². The second-order valence-electron chi connectivity index (χ2n) is 4.48. The minimum absolute atomic E-state index is 0.225. The van der Waals surface area contributed by atoms with Crippen LogP contribution in [0.15, 0.2) is 36.4 Å². The lowest BCUT2D eigenvalue weighted by Crippen LogP contribution is -2.19. The molecule has 0 bridgehead atoms. The van der Waals surface area contributed by atoms with Crippen molar-refractivity contribution in [3.05, 3.63) is 47.7 Å². The van der Waals surface area contributed by atoms with E-state index in [1.807, 2.05) is 36.9 Å². The van der Waals surface area contributed by atoms with E-state index >= 15 is 0 Å². The third kappa shape index (κ3) is 3.05. The molecule has 5 heteroatoms. The van der Waals surface area contributed by atoms with E-state index in [1.54, 1.807) is 18.2 Å². The van der Waals surface area contributed by atoms with Crippen LogP contribution in [0.1, 0.15) is 18.2 Å². The van der Waals surface area contributed by atoms with Gasteiger partial charge in [0.25, 0.3) is 0 Å². The van der Waals surface area contributed by atoms with Crippen molar-refractivity contribution in [2.24, 2.45) is 5.73 Å². The van der Waals surface area contributed by atoms with E-state index in [9.17, 15) is 5.11 Å². The van der Waals surface area contributed by atoms with Gasteiger partial charge in [-0.3, -0.25) is 0 Å². The maximum absolute atomic E-state index is 9.61. The number of nitrogens with two attached hydrogens (primary N) is 1. The molecule has 0 aliphatic rings. The first kappa shape index (κ1) is 14.3. The third-order valence-corrected chi connectivity index (χ3v) is 3.19. The summed E-state index contributed by atoms with van der Waals surface area (Å²) in [5, 5.41) is 9.61. The molecular formula is C15H17N3OS. The van der Waals surface area contributed by atoms with Gasteiger partial charge in [-0.1, -0.05) is 18.3 Å². The number of aryl methyl sites for hydroxylation is 1. The van der Waals surface area contributed by atoms with Crippen LogP contribution in [0.25, 0.3) is 0 Å². The Morgan fingerprint density at radius 2 is 2.10 bits per heavy atom. The first-order valence-electron chi connectivity index (χ1n) is 6.36. The molecule has 0 fully saturated rings. The lowest BCUT2D eigenvalue weighted by Gasteiger charge is -2.23. The molecule has 0 radical (unpaired) electrons. The molecule has 4 nitrogen and oxygen atoms in total. The number of thiocarbonyl (C=S) groups is 1. The second-order valence-corrected chi connectivity index (χ2v) is 4.92. The molecule has 0 spiro atoms. The summed E-state index contributed by atoms with van der Waals surface area (Å²) in [5.74, 6) is 0.990. The summed E-state index contributed by atoms with van der Waals surface area (Å²) in [6, 6.07) is 10.8. The fraction of sp³-hybridized carbons (Fsp3) is 0.200. The van der Waals surface area contributed by atoms with Crippen LogP contribution in [0.4, 0.5) is 11.5 Å². The zero-order valence-corrected chi connectivity index (χ0v) is 12.3. The Labute approximate surface area is 123 Å². The largest absolute Gasteiger partial charge is 0.508 e. The van der Waals surface area contributed by atoms with Crippen molar-refractivity contribution >= 4 is 28.7 Å². The van der Waals surface area contributed by atoms with Crippen molar-refractivity contribution in [2.75, 3.05) is 11.4 Å². The first-order chi connectivity index (χ1) is 9.51. The van der Waals surface area contributed by atoms with Crippen molar-refractivity contribution in [3.63, 3.8) is 0 Å². The number of benzene rings is 1. The van der Waals surface area contributed by atoms with E-state index in [-0.39, 0.29) is 5.75 Å². The summed E-state index contributed by atoms with van der Waals surface area (Å²) in [6.07, 6.45) is 0. The van der Waals surface area contributed by atoms with Crippen LogP contribution in [0.2, 0.25) is 0 Å². The Hall–Kier alpha value is -2.14. The summed E-state index contributed by atoms with van der Waals surface area (Å²) < 4.78 is 0. The monoisotopic (exact) mass is 287 g/mol. The topological polar surface area (TPSA) is 62.4 Å². The maximum Gasteiger partial charge on any atom is 0.133 e. The van der Waals surface area contributed by atoms with Gasteiger partial charge in [0.15, 0.2) is 0 Å². The van der Waals surface area contributed by atoms with Gasteiger partial charge in [0.05, 0.1) is 0 Å². The van der Waals surface area contributed by atoms with Gasteiger partial charge >= 0.3 is 0 Å². The quantitative estimate of drug-likeness (QED) is 0.847. The van der Waals surface area contributed by atoms with E-state index in [4.69, 9.17) is 18.0 Å². The highest BCUT2D eigenvalue weighted by molar-refractivity contribution is 7.80. The van der Waals surface area contributed by atoms with Crippen molar-refractivity contribution < 1.29 is 5.11 Å². The molecular weight excluding hydrogens is 270 g/mol. The predicted octanol–water partition coefficient (Wildman–Crippen LogP) is 2.89. The number of aromatic nitrogens is 1. The number of rotatable bonds is 4. The molecule has 3 N–H and O–H groups in total. The van der Waals surface area contributed by atoms with Gasteiger partial charge in [-0.2, -0.15) is 0 Å². The standard InChI is InChI=1S/C15H17N3OS/c1-3-18(12-5-4-6-13(19)9-12)14-8-11(15(16)20)7-10(2)17-14/h4-9,19H,3H2,1-2H3,(H2,16,20). The molecule has 1 aromatic heterocycles. The highest BCUT2D eigenvalue weighted by atomic mass is 32.1. The van der Waals surface area contributed by atoms with Crippen molar-refractivity contribution in [2.45, 2.75) is 13.8 Å². The van der Waals surface area contributed by atoms with Gasteiger partial charge in [0, 0.05) is 29.6 Å². The number of nitrogens with zero attached hydrogens (tertiary/aromatic N) is 2. The van der Waals surface area contributed by atoms with Crippen LogP contribution in [0, 0.1) is 6.92 Å². The van der Waals surface area contributed by atoms with Crippen LogP contribution in [-0.2, 0) is 0 Å². The van der Waals surface area contributed by atoms with E-state index in [0.717, 1.165) is 29.3 Å². The van der Waals surface area contributed by atoms with Crippen molar-refractivity contribution in [1.82, 2.24) is 4.98 Å². The van der Waals surface area contributed by atoms with E-state index in [0.29, 0.717) is 4.99 Å². The van der Waals surface area contributed by atoms with Crippen LogP contribution in [0.3, 0.4) is 0 Å². The zero-order valence-electron chi connectivity index (χ0n) is 11.5. The lowest BCUT2D eigenvalue weighted by molar-refractivity contribution is 0.475. The summed E-state index contributed by atoms with van der Waals surface area (Å²) >= 11 is 5.03. The smallest absolute Gasteiger partial charge is 0.133 e. The molecule has 0 aliphatic heterocycles. The average molecular weight is 287 g/mol. The summed E-state index contributed by atoms with van der Waals surface area (Å²) in [6.45, 7) is 4.65. The number of aromatic hydroxyl groups is 1. The minimum Gasteiger partial charge on any atom is -0.508 e. The number of phenols is 1. The zero-order chi connectivity index (χ0) is 14.7. The molecule has 0 amide bonds. The molecule has 0 saturated heterocycles. The molecule has 2 rings (SSSR count). The normalized spacial score (nSPS) is 10.3. The minimum atomic E-state index is 0.225. The summed E-state index contributed by atoms with van der Waals surface area (Å²) in [4.78, 5) is 6.87. The Morgan fingerprint density at radius 1 is 1.35 bits per heavy atom. The van der Waals surface area contributed by atoms with Gasteiger partial charge in [-0.25, -0.2) is 4.98 Å². The number of phenolic OH excluding ortho intramolecular Hbond substituents is 1. The Kier molecular flexibility index (Phi) is 4.20. The fourth-order valence-electron chi connectivity index (χ4n) is 2.07. The van der Waals surface area contributed by atoms with Gasteiger partial charge in [0.1, 0.15) is 16.6 Å². The molecule has 1 aromatic carbocycles. The average Bonchev–Trinajstić information content (AvgIpc) is 2.39. The van der Waals surface area contributed by atoms with Gasteiger partial charge in [-0.15, -0.1) is 0 Å². The summed E-state index contributed by atoms with van der Waals surface area (Å²) in [7, 11) is 0. The SMILES string of the molecule is CCN(c1cccc(O)c1)c1cc(C(N)=S)cc(C)n1. The highest BCUT2D eigenvalue weighted by Gasteiger charge is 2.11. The van der Waals surface area contributed by atoms with Crippen molar-refractivity contribution in [1.29, 1.82) is 0 Å². The van der Waals surface area contributed by atoms with E-state index in [1.165, 1.54) is 0 Å². The molecule has 0 atom stereocenters. The predicted molar refractivity (Wildman–Crippen MR) is 85.6 cm³/mol. The number of pyridine rings is 1. The lowest BCUT2D eigenvalue weighted by atomic mass is 10.2. The first-order valence-corrected chi connectivity index (χ1v) is 6.77. The van der Waals surface area contributed by atoms with Crippen LogP contribution in [-0.4, -0.2) is 21.6 Å². The van der Waals surface area contributed by atoms with E-state index in [2.05, 4.69) is 4.98 Å². The number of hydrogen-bond donors (Lipinski definition) is 2. The van der Waals surface area contributed by atoms with Crippen molar-refractivity contribution in [3.8, 4) is 5.75 Å². The molecule has 104 valence electrons. The van der Waals surface area contributed by atoms with Crippen LogP contribution < -0.4 is 10.6 Å². The summed E-state index contributed by atoms with van der Waals surface area (Å²) in [5.41, 5.74) is 8.22. The highest BCUT2D eigenvalue weighted by Crippen LogP contribution is 2.27. The number of anilines is 2. The van der Waals surface area contributed by atoms with E-state index < -0.39 is 0 Å². The molecule has 1 heterocycles. The second kappa shape index (κ2) is 5.88. The Morgan fingerprint density at radius 3 is 2.70 bits per heavy atom. The van der Waals surface area contributed by atoms with Crippen LogP contribution >= 0.6 is 12.2 Å². The number of hydrogen-bond acceptors (Lipinski definition) is 4. The fourth-order valence-corrected chi connectivity index (χ4v) is 2.19. The molecule has 0 aliphatic carbocycles. The van der Waals surface area contributed by atoms with Gasteiger partial charge in [0.2, 0.25) is 0 Å². The van der Waals surface area contributed by atoms with Gasteiger partial charge < -0.3 is 15.7 Å². The third-order valence-electron chi connectivity index (χ3n) is 2.96. The Balaban J connectivity index is 2.49. The van der Waals surface area contributed by atoms with Gasteiger partial charge in [-0.05, 0) is 38.1 Å².